The molecule has 0 aromatic heterocycles. The Morgan fingerprint density at radius 2 is 1.21 bits per heavy atom. The van der Waals surface area contributed by atoms with Crippen LogP contribution < -0.4 is 0 Å². The topological polar surface area (TPSA) is 0 Å². The Labute approximate surface area is 142 Å². The summed E-state index contributed by atoms with van der Waals surface area (Å²) < 4.78 is 0. The molecule has 24 heavy (non-hydrogen) atoms. The van der Waals surface area contributed by atoms with Crippen LogP contribution in [0.1, 0.15) is 27.8 Å². The molecule has 0 saturated carbocycles. The number of benzene rings is 3. The van der Waals surface area contributed by atoms with Crippen molar-refractivity contribution in [3.63, 3.8) is 0 Å². The second-order valence-electron chi connectivity index (χ2n) is 6.26. The molecule has 5 rings (SSSR count). The zero-order valence-corrected chi connectivity index (χ0v) is 13.2. The summed E-state index contributed by atoms with van der Waals surface area (Å²) in [5.41, 5.74) is 10.6. The Bertz CT molecular complexity index is 1030. The maximum Gasteiger partial charge on any atom is -0.00930 e. The second kappa shape index (κ2) is 5.21. The molecule has 2 aliphatic carbocycles. The van der Waals surface area contributed by atoms with Crippen molar-refractivity contribution >= 4 is 28.9 Å². The summed E-state index contributed by atoms with van der Waals surface area (Å²) in [5, 5.41) is 0. The van der Waals surface area contributed by atoms with Gasteiger partial charge in [-0.15, -0.1) is 0 Å². The minimum Gasteiger partial charge on any atom is -0.0622 e. The van der Waals surface area contributed by atoms with Gasteiger partial charge in [0.05, 0.1) is 0 Å². The van der Waals surface area contributed by atoms with Gasteiger partial charge in [0.2, 0.25) is 0 Å². The molecular formula is C24H16. The molecule has 2 aliphatic rings. The van der Waals surface area contributed by atoms with Crippen LogP contribution in [0.3, 0.4) is 0 Å². The molecule has 0 amide bonds. The standard InChI is InChI=1S/C24H16/c1-2-8-17(9-3-1)23(24-15-19-11-5-7-13-22(19)24)16-20-14-18-10-4-6-12-21(18)20/h1-16H/b23-16+. The van der Waals surface area contributed by atoms with Crippen LogP contribution in [0.25, 0.3) is 28.9 Å². The molecule has 0 heterocycles. The van der Waals surface area contributed by atoms with Gasteiger partial charge in [-0.2, -0.15) is 0 Å². The minimum absolute atomic E-state index is 1.27. The lowest BCUT2D eigenvalue weighted by molar-refractivity contribution is 1.51. The zero-order chi connectivity index (χ0) is 15.9. The van der Waals surface area contributed by atoms with Gasteiger partial charge in [0.15, 0.2) is 0 Å². The quantitative estimate of drug-likeness (QED) is 0.542. The summed E-state index contributed by atoms with van der Waals surface area (Å²) in [5.74, 6) is 0. The summed E-state index contributed by atoms with van der Waals surface area (Å²) in [7, 11) is 0. The second-order valence-corrected chi connectivity index (χ2v) is 6.26. The fraction of sp³-hybridized carbons (Fsp3) is 0. The predicted molar refractivity (Wildman–Crippen MR) is 103 cm³/mol. The van der Waals surface area contributed by atoms with Crippen LogP contribution in [0.4, 0.5) is 0 Å². The molecule has 3 aromatic carbocycles. The van der Waals surface area contributed by atoms with E-state index in [2.05, 4.69) is 97.1 Å². The smallest absolute Gasteiger partial charge is 0.00930 e. The molecule has 0 fully saturated rings. The van der Waals surface area contributed by atoms with Gasteiger partial charge in [-0.3, -0.25) is 0 Å². The maximum atomic E-state index is 2.33. The predicted octanol–water partition coefficient (Wildman–Crippen LogP) is 6.18. The molecular weight excluding hydrogens is 288 g/mol. The normalized spacial score (nSPS) is 14.6. The van der Waals surface area contributed by atoms with Crippen molar-refractivity contribution in [2.24, 2.45) is 0 Å². The van der Waals surface area contributed by atoms with Crippen LogP contribution in [0.5, 0.6) is 0 Å². The Hall–Kier alpha value is -3.12. The number of fused-ring (bicyclic) bond motifs is 2. The molecule has 0 spiro atoms. The summed E-state index contributed by atoms with van der Waals surface area (Å²) in [6.07, 6.45) is 6.89. The Balaban J connectivity index is 1.61. The van der Waals surface area contributed by atoms with E-state index in [4.69, 9.17) is 0 Å². The van der Waals surface area contributed by atoms with Gasteiger partial charge >= 0.3 is 0 Å². The van der Waals surface area contributed by atoms with Crippen molar-refractivity contribution in [1.29, 1.82) is 0 Å². The van der Waals surface area contributed by atoms with Gasteiger partial charge in [0.25, 0.3) is 0 Å². The highest BCUT2D eigenvalue weighted by Crippen LogP contribution is 2.44. The molecule has 0 radical (unpaired) electrons. The minimum atomic E-state index is 1.27. The van der Waals surface area contributed by atoms with Gasteiger partial charge in [0, 0.05) is 0 Å². The molecule has 0 heteroatoms. The van der Waals surface area contributed by atoms with Crippen LogP contribution in [0, 0.1) is 0 Å². The van der Waals surface area contributed by atoms with E-state index >= 15 is 0 Å². The molecule has 3 aromatic rings. The van der Waals surface area contributed by atoms with E-state index in [1.54, 1.807) is 0 Å². The summed E-state index contributed by atoms with van der Waals surface area (Å²) in [6.45, 7) is 0. The molecule has 0 atom stereocenters. The van der Waals surface area contributed by atoms with E-state index in [1.807, 2.05) is 0 Å². The van der Waals surface area contributed by atoms with Crippen LogP contribution in [-0.4, -0.2) is 0 Å². The Morgan fingerprint density at radius 1 is 0.583 bits per heavy atom. The highest BCUT2D eigenvalue weighted by Gasteiger charge is 2.22. The van der Waals surface area contributed by atoms with Gasteiger partial charge in [0.1, 0.15) is 0 Å². The average molecular weight is 304 g/mol. The van der Waals surface area contributed by atoms with Crippen LogP contribution in [-0.2, 0) is 0 Å². The van der Waals surface area contributed by atoms with E-state index < -0.39 is 0 Å². The van der Waals surface area contributed by atoms with Gasteiger partial charge < -0.3 is 0 Å². The van der Waals surface area contributed by atoms with Crippen molar-refractivity contribution in [2.45, 2.75) is 0 Å². The van der Waals surface area contributed by atoms with E-state index in [9.17, 15) is 0 Å². The number of hydrogen-bond donors (Lipinski definition) is 0. The number of rotatable bonds is 3. The lowest BCUT2D eigenvalue weighted by Crippen LogP contribution is -2.03. The molecule has 0 aliphatic heterocycles. The molecule has 0 unspecified atom stereocenters. The molecule has 0 saturated heterocycles. The first kappa shape index (κ1) is 13.3. The zero-order valence-electron chi connectivity index (χ0n) is 13.2. The van der Waals surface area contributed by atoms with Crippen molar-refractivity contribution < 1.29 is 0 Å². The van der Waals surface area contributed by atoms with Crippen molar-refractivity contribution in [2.75, 3.05) is 0 Å². The van der Waals surface area contributed by atoms with Crippen LogP contribution in [0.2, 0.25) is 0 Å². The Kier molecular flexibility index (Phi) is 2.89. The number of allylic oxidation sites excluding steroid dienone is 4. The van der Waals surface area contributed by atoms with Crippen LogP contribution >= 0.6 is 0 Å². The third-order valence-corrected chi connectivity index (χ3v) is 4.81. The van der Waals surface area contributed by atoms with Crippen molar-refractivity contribution in [3.05, 3.63) is 113 Å². The molecule has 112 valence electrons. The van der Waals surface area contributed by atoms with Gasteiger partial charge in [-0.1, -0.05) is 78.9 Å². The SMILES string of the molecule is C1=C(/C=C(/C2=Cc3ccccc32)c2ccccc2)c2ccccc21. The van der Waals surface area contributed by atoms with E-state index in [0.29, 0.717) is 0 Å². The highest BCUT2D eigenvalue weighted by atomic mass is 14.3. The molecule has 0 N–H and O–H groups in total. The third-order valence-electron chi connectivity index (χ3n) is 4.81. The number of hydrogen-bond acceptors (Lipinski definition) is 0. The first-order valence-electron chi connectivity index (χ1n) is 8.30. The first-order valence-corrected chi connectivity index (χ1v) is 8.30. The van der Waals surface area contributed by atoms with Gasteiger partial charge in [-0.25, -0.2) is 0 Å². The lowest BCUT2D eigenvalue weighted by Gasteiger charge is -2.25. The molecule has 0 bridgehead atoms. The fourth-order valence-corrected chi connectivity index (χ4v) is 3.51. The largest absolute Gasteiger partial charge is 0.0622 e. The fourth-order valence-electron chi connectivity index (χ4n) is 3.51. The summed E-state index contributed by atoms with van der Waals surface area (Å²) in [6, 6.07) is 27.9. The Morgan fingerprint density at radius 3 is 1.92 bits per heavy atom. The first-order chi connectivity index (χ1) is 11.9. The monoisotopic (exact) mass is 304 g/mol. The third kappa shape index (κ3) is 2.00. The van der Waals surface area contributed by atoms with E-state index in [0.717, 1.165) is 0 Å². The lowest BCUT2D eigenvalue weighted by atomic mass is 9.79. The summed E-state index contributed by atoms with van der Waals surface area (Å²) in [4.78, 5) is 0. The average Bonchev–Trinajstić information content (AvgIpc) is 2.60. The van der Waals surface area contributed by atoms with E-state index in [1.165, 1.54) is 44.5 Å². The van der Waals surface area contributed by atoms with Crippen molar-refractivity contribution in [3.8, 4) is 0 Å². The van der Waals surface area contributed by atoms with Crippen molar-refractivity contribution in [1.82, 2.24) is 0 Å². The maximum absolute atomic E-state index is 2.33. The van der Waals surface area contributed by atoms with Crippen LogP contribution in [0.15, 0.2) is 84.9 Å². The summed E-state index contributed by atoms with van der Waals surface area (Å²) >= 11 is 0. The highest BCUT2D eigenvalue weighted by molar-refractivity contribution is 6.20. The molecule has 0 nitrogen and oxygen atoms in total. The van der Waals surface area contributed by atoms with Gasteiger partial charge in [-0.05, 0) is 62.8 Å². The van der Waals surface area contributed by atoms with E-state index in [-0.39, 0.29) is 0 Å².